The lowest BCUT2D eigenvalue weighted by Crippen LogP contribution is -2.39. The van der Waals surface area contributed by atoms with Crippen LogP contribution in [0.1, 0.15) is 17.4 Å². The minimum absolute atomic E-state index is 0.0511. The molecular weight excluding hydrogens is 284 g/mol. The Morgan fingerprint density at radius 3 is 2.52 bits per heavy atom. The number of nitro groups is 1. The van der Waals surface area contributed by atoms with Gasteiger partial charge in [-0.05, 0) is 6.92 Å². The second-order valence-corrected chi connectivity index (χ2v) is 3.98. The molecule has 0 spiro atoms. The average molecular weight is 298 g/mol. The Kier molecular flexibility index (Phi) is 5.40. The van der Waals surface area contributed by atoms with Gasteiger partial charge in [0.2, 0.25) is 5.91 Å². The average Bonchev–Trinajstić information content (AvgIpc) is 2.86. The molecule has 0 fully saturated rings. The predicted molar refractivity (Wildman–Crippen MR) is 69.7 cm³/mol. The molecule has 3 N–H and O–H groups in total. The third-order valence-corrected chi connectivity index (χ3v) is 2.51. The summed E-state index contributed by atoms with van der Waals surface area (Å²) < 4.78 is 1.38. The van der Waals surface area contributed by atoms with Crippen LogP contribution in [0.2, 0.25) is 0 Å². The van der Waals surface area contributed by atoms with Crippen LogP contribution in [-0.4, -0.2) is 45.5 Å². The number of nitrogens with one attached hydrogen (secondary N) is 2. The Bertz CT molecular complexity index is 579. The van der Waals surface area contributed by atoms with Crippen molar-refractivity contribution in [1.82, 2.24) is 15.2 Å². The first-order valence-corrected chi connectivity index (χ1v) is 5.96. The normalized spacial score (nSPS) is 9.95. The zero-order chi connectivity index (χ0) is 16.0. The van der Waals surface area contributed by atoms with E-state index in [-0.39, 0.29) is 11.4 Å². The number of carbonyl (C=O) groups is 3. The van der Waals surface area contributed by atoms with Gasteiger partial charge < -0.3 is 20.3 Å². The molecule has 0 atom stereocenters. The molecule has 0 bridgehead atoms. The molecule has 1 aromatic rings. The topological polar surface area (TPSA) is 144 Å². The molecule has 1 aromatic heterocycles. The van der Waals surface area contributed by atoms with Gasteiger partial charge in [-0.25, -0.2) is 0 Å². The number of hydrogen-bond donors (Lipinski definition) is 3. The van der Waals surface area contributed by atoms with Crippen LogP contribution in [0.25, 0.3) is 0 Å². The van der Waals surface area contributed by atoms with E-state index in [0.29, 0.717) is 6.54 Å². The highest BCUT2D eigenvalue weighted by Gasteiger charge is 2.19. The summed E-state index contributed by atoms with van der Waals surface area (Å²) >= 11 is 0. The zero-order valence-corrected chi connectivity index (χ0v) is 11.2. The van der Waals surface area contributed by atoms with Crippen molar-refractivity contribution in [2.24, 2.45) is 0 Å². The van der Waals surface area contributed by atoms with Crippen LogP contribution in [-0.2, 0) is 16.1 Å². The van der Waals surface area contributed by atoms with Gasteiger partial charge in [0.1, 0.15) is 12.2 Å². The first-order chi connectivity index (χ1) is 9.85. The maximum absolute atomic E-state index is 11.9. The minimum Gasteiger partial charge on any atom is -0.480 e. The highest BCUT2D eigenvalue weighted by atomic mass is 16.6. The number of rotatable bonds is 7. The van der Waals surface area contributed by atoms with E-state index in [1.807, 2.05) is 0 Å². The van der Waals surface area contributed by atoms with Gasteiger partial charge in [-0.2, -0.15) is 0 Å². The van der Waals surface area contributed by atoms with Gasteiger partial charge in [0.05, 0.1) is 17.7 Å². The predicted octanol–water partition coefficient (Wildman–Crippen LogP) is -0.653. The van der Waals surface area contributed by atoms with Crippen molar-refractivity contribution in [2.45, 2.75) is 13.5 Å². The molecule has 0 aliphatic rings. The third kappa shape index (κ3) is 4.60. The lowest BCUT2D eigenvalue weighted by atomic mass is 10.3. The lowest BCUT2D eigenvalue weighted by Gasteiger charge is -2.07. The monoisotopic (exact) mass is 298 g/mol. The Hall–Kier alpha value is -2.91. The molecule has 10 nitrogen and oxygen atoms in total. The molecule has 0 saturated carbocycles. The van der Waals surface area contributed by atoms with Crippen LogP contribution in [0, 0.1) is 10.1 Å². The molecule has 10 heteroatoms. The Morgan fingerprint density at radius 1 is 1.33 bits per heavy atom. The molecule has 0 saturated heterocycles. The van der Waals surface area contributed by atoms with E-state index in [0.717, 1.165) is 6.07 Å². The summed E-state index contributed by atoms with van der Waals surface area (Å²) in [5.74, 6) is -2.53. The first-order valence-electron chi connectivity index (χ1n) is 5.96. The summed E-state index contributed by atoms with van der Waals surface area (Å²) in [6.45, 7) is 1.09. The quantitative estimate of drug-likeness (QED) is 0.450. The van der Waals surface area contributed by atoms with E-state index in [1.165, 1.54) is 10.8 Å². The van der Waals surface area contributed by atoms with E-state index in [4.69, 9.17) is 5.11 Å². The van der Waals surface area contributed by atoms with E-state index < -0.39 is 35.8 Å². The fraction of sp³-hybridized carbons (Fsp3) is 0.364. The second kappa shape index (κ2) is 7.03. The van der Waals surface area contributed by atoms with Gasteiger partial charge in [-0.3, -0.25) is 24.5 Å². The summed E-state index contributed by atoms with van der Waals surface area (Å²) in [5.41, 5.74) is -0.174. The molecule has 1 heterocycles. The number of hydrogen-bond acceptors (Lipinski definition) is 5. The number of carboxylic acids is 1. The Morgan fingerprint density at radius 2 is 2.00 bits per heavy atom. The number of amides is 2. The fourth-order valence-corrected chi connectivity index (χ4v) is 1.53. The highest BCUT2D eigenvalue weighted by Crippen LogP contribution is 2.16. The number of aryl methyl sites for hydroxylation is 1. The molecule has 0 aliphatic carbocycles. The van der Waals surface area contributed by atoms with Crippen LogP contribution in [0.5, 0.6) is 0 Å². The molecule has 0 aromatic carbocycles. The van der Waals surface area contributed by atoms with Crippen molar-refractivity contribution in [3.8, 4) is 0 Å². The van der Waals surface area contributed by atoms with Crippen LogP contribution < -0.4 is 10.6 Å². The molecule has 21 heavy (non-hydrogen) atoms. The fourth-order valence-electron chi connectivity index (χ4n) is 1.53. The summed E-state index contributed by atoms with van der Waals surface area (Å²) in [7, 11) is 0. The molecular formula is C11H14N4O6. The van der Waals surface area contributed by atoms with E-state index in [9.17, 15) is 24.5 Å². The number of carbonyl (C=O) groups excluding carboxylic acids is 2. The van der Waals surface area contributed by atoms with Crippen molar-refractivity contribution in [3.05, 3.63) is 28.1 Å². The molecule has 114 valence electrons. The maximum Gasteiger partial charge on any atom is 0.322 e. The molecule has 2 amide bonds. The number of nitrogens with zero attached hydrogens (tertiary/aromatic N) is 2. The number of aromatic nitrogens is 1. The first kappa shape index (κ1) is 16.1. The summed E-state index contributed by atoms with van der Waals surface area (Å²) in [5, 5.41) is 23.4. The van der Waals surface area contributed by atoms with E-state index in [1.54, 1.807) is 6.92 Å². The molecule has 1 rings (SSSR count). The summed E-state index contributed by atoms with van der Waals surface area (Å²) in [6, 6.07) is 1.11. The maximum atomic E-state index is 11.9. The standard InChI is InChI=1S/C11H14N4O6/c1-2-14-6-7(15(20)21)3-8(14)11(19)13-4-9(16)12-5-10(17)18/h3,6H,2,4-5H2,1H3,(H,12,16)(H,13,19)(H,17,18). The van der Waals surface area contributed by atoms with Crippen LogP contribution in [0.3, 0.4) is 0 Å². The van der Waals surface area contributed by atoms with Gasteiger partial charge in [0.15, 0.2) is 0 Å². The van der Waals surface area contributed by atoms with Crippen molar-refractivity contribution in [1.29, 1.82) is 0 Å². The van der Waals surface area contributed by atoms with Gasteiger partial charge in [-0.1, -0.05) is 0 Å². The van der Waals surface area contributed by atoms with Crippen LogP contribution in [0.15, 0.2) is 12.3 Å². The smallest absolute Gasteiger partial charge is 0.322 e. The SMILES string of the molecule is CCn1cc([N+](=O)[O-])cc1C(=O)NCC(=O)NCC(=O)O. The van der Waals surface area contributed by atoms with E-state index >= 15 is 0 Å². The van der Waals surface area contributed by atoms with Gasteiger partial charge in [0.25, 0.3) is 11.6 Å². The van der Waals surface area contributed by atoms with E-state index in [2.05, 4.69) is 10.6 Å². The summed E-state index contributed by atoms with van der Waals surface area (Å²) in [4.78, 5) is 43.4. The van der Waals surface area contributed by atoms with Crippen molar-refractivity contribution >= 4 is 23.5 Å². The lowest BCUT2D eigenvalue weighted by molar-refractivity contribution is -0.384. The zero-order valence-electron chi connectivity index (χ0n) is 11.2. The van der Waals surface area contributed by atoms with Gasteiger partial charge in [0, 0.05) is 12.6 Å². The minimum atomic E-state index is -1.20. The van der Waals surface area contributed by atoms with Crippen molar-refractivity contribution < 1.29 is 24.4 Å². The van der Waals surface area contributed by atoms with Gasteiger partial charge in [-0.15, -0.1) is 0 Å². The molecule has 0 aliphatic heterocycles. The third-order valence-electron chi connectivity index (χ3n) is 2.51. The molecule has 0 radical (unpaired) electrons. The van der Waals surface area contributed by atoms with Crippen molar-refractivity contribution in [3.63, 3.8) is 0 Å². The number of carboxylic acid groups (broad SMARTS) is 1. The second-order valence-electron chi connectivity index (χ2n) is 3.98. The Balaban J connectivity index is 2.65. The molecule has 0 unspecified atom stereocenters. The Labute approximate surface area is 118 Å². The largest absolute Gasteiger partial charge is 0.480 e. The van der Waals surface area contributed by atoms with Crippen LogP contribution >= 0.6 is 0 Å². The van der Waals surface area contributed by atoms with Gasteiger partial charge >= 0.3 is 5.97 Å². The highest BCUT2D eigenvalue weighted by molar-refractivity contribution is 5.96. The summed E-state index contributed by atoms with van der Waals surface area (Å²) in [6.07, 6.45) is 1.22. The number of aliphatic carboxylic acids is 1. The van der Waals surface area contributed by atoms with Crippen LogP contribution in [0.4, 0.5) is 5.69 Å². The van der Waals surface area contributed by atoms with Crippen molar-refractivity contribution in [2.75, 3.05) is 13.1 Å².